The standard InChI is InChI=1S/C22H23ClN6O2/c1-13-3-5-18(29-25-7-8-26-29)21(27-13)22(30)28-17-9-15(10-17)14(2)19(28)12-31-20-6-4-16(23)11-24-20/h3-8,11,14-15,17,19H,9-10,12H2,1-2H3/t14-,15?,17?,19+/m0/s1. The first-order valence-electron chi connectivity index (χ1n) is 10.4. The van der Waals surface area contributed by atoms with Crippen LogP contribution in [-0.4, -0.2) is 54.5 Å². The number of fused-ring (bicyclic) bond motifs is 2. The molecular formula is C22H23ClN6O2. The fourth-order valence-electron chi connectivity index (χ4n) is 4.62. The highest BCUT2D eigenvalue weighted by atomic mass is 35.5. The van der Waals surface area contributed by atoms with E-state index in [1.807, 2.05) is 24.0 Å². The van der Waals surface area contributed by atoms with Gasteiger partial charge in [-0.2, -0.15) is 10.2 Å². The summed E-state index contributed by atoms with van der Waals surface area (Å²) in [6, 6.07) is 7.32. The summed E-state index contributed by atoms with van der Waals surface area (Å²) >= 11 is 5.92. The SMILES string of the molecule is Cc1ccc(-n2nccn2)c(C(=O)N2C3CC(C3)[C@H](C)[C@H]2COc2ccc(Cl)cn2)n1. The summed E-state index contributed by atoms with van der Waals surface area (Å²) in [7, 11) is 0. The number of hydrogen-bond acceptors (Lipinski definition) is 6. The number of carbonyl (C=O) groups excluding carboxylic acids is 1. The lowest BCUT2D eigenvalue weighted by Gasteiger charge is -2.57. The van der Waals surface area contributed by atoms with Crippen molar-refractivity contribution in [1.82, 2.24) is 29.9 Å². The van der Waals surface area contributed by atoms with E-state index in [0.29, 0.717) is 40.7 Å². The third-order valence-corrected chi connectivity index (χ3v) is 6.66. The third-order valence-electron chi connectivity index (χ3n) is 6.44. The average molecular weight is 439 g/mol. The summed E-state index contributed by atoms with van der Waals surface area (Å²) in [5, 5.41) is 8.96. The molecule has 3 aromatic rings. The molecule has 160 valence electrons. The van der Waals surface area contributed by atoms with Gasteiger partial charge in [-0.25, -0.2) is 9.97 Å². The molecule has 0 N–H and O–H groups in total. The molecule has 2 saturated heterocycles. The summed E-state index contributed by atoms with van der Waals surface area (Å²) < 4.78 is 5.97. The van der Waals surface area contributed by atoms with E-state index in [4.69, 9.17) is 16.3 Å². The normalized spacial score (nSPS) is 24.5. The Morgan fingerprint density at radius 2 is 1.97 bits per heavy atom. The molecular weight excluding hydrogens is 416 g/mol. The van der Waals surface area contributed by atoms with Gasteiger partial charge in [0.05, 0.1) is 23.5 Å². The smallest absolute Gasteiger partial charge is 0.275 e. The Labute approximate surface area is 185 Å². The Morgan fingerprint density at radius 1 is 1.19 bits per heavy atom. The van der Waals surface area contributed by atoms with Crippen LogP contribution in [0.4, 0.5) is 0 Å². The topological polar surface area (TPSA) is 86.0 Å². The minimum atomic E-state index is -0.108. The fourth-order valence-corrected chi connectivity index (χ4v) is 4.73. The first kappa shape index (κ1) is 19.9. The zero-order chi connectivity index (χ0) is 21.5. The van der Waals surface area contributed by atoms with Gasteiger partial charge in [0, 0.05) is 24.0 Å². The maximum Gasteiger partial charge on any atom is 0.275 e. The van der Waals surface area contributed by atoms with Crippen LogP contribution in [-0.2, 0) is 0 Å². The quantitative estimate of drug-likeness (QED) is 0.607. The van der Waals surface area contributed by atoms with Crippen molar-refractivity contribution in [1.29, 1.82) is 0 Å². The second-order valence-electron chi connectivity index (χ2n) is 8.29. The molecule has 0 radical (unpaired) electrons. The van der Waals surface area contributed by atoms with Crippen molar-refractivity contribution in [2.24, 2.45) is 11.8 Å². The first-order chi connectivity index (χ1) is 15.0. The Balaban J connectivity index is 1.45. The van der Waals surface area contributed by atoms with E-state index in [1.54, 1.807) is 30.7 Å². The first-order valence-corrected chi connectivity index (χ1v) is 10.8. The summed E-state index contributed by atoms with van der Waals surface area (Å²) in [5.74, 6) is 1.32. The number of pyridine rings is 2. The second kappa shape index (κ2) is 7.92. The Morgan fingerprint density at radius 3 is 2.68 bits per heavy atom. The van der Waals surface area contributed by atoms with Crippen molar-refractivity contribution < 1.29 is 9.53 Å². The van der Waals surface area contributed by atoms with Crippen molar-refractivity contribution in [3.05, 3.63) is 59.3 Å². The van der Waals surface area contributed by atoms with E-state index >= 15 is 0 Å². The molecule has 3 aromatic heterocycles. The van der Waals surface area contributed by atoms with Crippen molar-refractivity contribution in [2.75, 3.05) is 6.61 Å². The molecule has 1 saturated carbocycles. The molecule has 3 fully saturated rings. The van der Waals surface area contributed by atoms with Gasteiger partial charge < -0.3 is 9.64 Å². The highest BCUT2D eigenvalue weighted by Gasteiger charge is 2.51. The summed E-state index contributed by atoms with van der Waals surface area (Å²) in [6.45, 7) is 4.45. The zero-order valence-electron chi connectivity index (χ0n) is 17.3. The minimum Gasteiger partial charge on any atom is -0.475 e. The number of aromatic nitrogens is 5. The van der Waals surface area contributed by atoms with E-state index in [1.165, 1.54) is 4.80 Å². The Bertz CT molecular complexity index is 1080. The van der Waals surface area contributed by atoms with E-state index < -0.39 is 0 Å². The number of nitrogens with zero attached hydrogens (tertiary/aromatic N) is 6. The van der Waals surface area contributed by atoms with Gasteiger partial charge in [0.25, 0.3) is 5.91 Å². The van der Waals surface area contributed by atoms with Gasteiger partial charge in [0.15, 0.2) is 5.69 Å². The van der Waals surface area contributed by atoms with Crippen LogP contribution < -0.4 is 4.74 Å². The third kappa shape index (κ3) is 3.65. The molecule has 6 rings (SSSR count). The number of rotatable bonds is 5. The largest absolute Gasteiger partial charge is 0.475 e. The molecule has 9 heteroatoms. The predicted octanol–water partition coefficient (Wildman–Crippen LogP) is 3.34. The minimum absolute atomic E-state index is 0.0665. The van der Waals surface area contributed by atoms with Gasteiger partial charge in [0.2, 0.25) is 5.88 Å². The zero-order valence-corrected chi connectivity index (χ0v) is 18.1. The van der Waals surface area contributed by atoms with Crippen molar-refractivity contribution in [3.8, 4) is 11.6 Å². The lowest BCUT2D eigenvalue weighted by atomic mass is 9.64. The van der Waals surface area contributed by atoms with Crippen molar-refractivity contribution in [2.45, 2.75) is 38.8 Å². The number of aryl methyl sites for hydroxylation is 1. The van der Waals surface area contributed by atoms with Crippen molar-refractivity contribution in [3.63, 3.8) is 0 Å². The van der Waals surface area contributed by atoms with Crippen LogP contribution in [0.2, 0.25) is 5.02 Å². The van der Waals surface area contributed by atoms with Gasteiger partial charge in [-0.3, -0.25) is 4.79 Å². The molecule has 8 nitrogen and oxygen atoms in total. The average Bonchev–Trinajstić information content (AvgIpc) is 3.27. The molecule has 0 spiro atoms. The van der Waals surface area contributed by atoms with E-state index in [9.17, 15) is 4.79 Å². The van der Waals surface area contributed by atoms with Gasteiger partial charge in [-0.1, -0.05) is 18.5 Å². The molecule has 1 amide bonds. The molecule has 1 aliphatic carbocycles. The van der Waals surface area contributed by atoms with Crippen LogP contribution in [0.15, 0.2) is 42.9 Å². The van der Waals surface area contributed by atoms with Gasteiger partial charge in [0.1, 0.15) is 12.3 Å². The van der Waals surface area contributed by atoms with Crippen molar-refractivity contribution >= 4 is 17.5 Å². The number of hydrogen-bond donors (Lipinski definition) is 0. The van der Waals surface area contributed by atoms with Crippen LogP contribution in [0.5, 0.6) is 5.88 Å². The summed E-state index contributed by atoms with van der Waals surface area (Å²) in [4.78, 5) is 26.0. The molecule has 2 aliphatic heterocycles. The maximum absolute atomic E-state index is 13.8. The fraction of sp³-hybridized carbons (Fsp3) is 0.409. The van der Waals surface area contributed by atoms with E-state index in [0.717, 1.165) is 18.5 Å². The monoisotopic (exact) mass is 438 g/mol. The number of halogens is 1. The summed E-state index contributed by atoms with van der Waals surface area (Å²) in [6.07, 6.45) is 6.77. The van der Waals surface area contributed by atoms with E-state index in [-0.39, 0.29) is 18.0 Å². The van der Waals surface area contributed by atoms with Crippen LogP contribution >= 0.6 is 11.6 Å². The van der Waals surface area contributed by atoms with Crippen LogP contribution in [0.3, 0.4) is 0 Å². The number of piperidine rings is 2. The molecule has 0 aromatic carbocycles. The van der Waals surface area contributed by atoms with Gasteiger partial charge in [-0.15, -0.1) is 4.80 Å². The number of ether oxygens (including phenoxy) is 1. The number of carbonyl (C=O) groups is 1. The summed E-state index contributed by atoms with van der Waals surface area (Å²) in [5.41, 5.74) is 1.71. The highest BCUT2D eigenvalue weighted by molar-refractivity contribution is 6.30. The molecule has 31 heavy (non-hydrogen) atoms. The maximum atomic E-state index is 13.8. The predicted molar refractivity (Wildman–Crippen MR) is 114 cm³/mol. The lowest BCUT2D eigenvalue weighted by Crippen LogP contribution is -2.64. The molecule has 0 unspecified atom stereocenters. The van der Waals surface area contributed by atoms with Gasteiger partial charge in [-0.05, 0) is 49.8 Å². The van der Waals surface area contributed by atoms with Crippen LogP contribution in [0.1, 0.15) is 35.9 Å². The van der Waals surface area contributed by atoms with Gasteiger partial charge >= 0.3 is 0 Å². The van der Waals surface area contributed by atoms with E-state index in [2.05, 4.69) is 27.1 Å². The number of amides is 1. The Hall–Kier alpha value is -3.00. The molecule has 3 aliphatic rings. The van der Waals surface area contributed by atoms with Crippen LogP contribution in [0.25, 0.3) is 5.69 Å². The molecule has 2 bridgehead atoms. The molecule has 5 heterocycles. The highest BCUT2D eigenvalue weighted by Crippen LogP contribution is 2.47. The molecule has 2 atom stereocenters. The second-order valence-corrected chi connectivity index (χ2v) is 8.73. The van der Waals surface area contributed by atoms with Crippen LogP contribution in [0, 0.1) is 18.8 Å². The Kier molecular flexibility index (Phi) is 5.09. The lowest BCUT2D eigenvalue weighted by molar-refractivity contribution is -0.0677.